The minimum atomic E-state index is -3.54. The zero-order valence-corrected chi connectivity index (χ0v) is 14.5. The number of aromatic nitrogens is 2. The van der Waals surface area contributed by atoms with E-state index < -0.39 is 10.0 Å². The Bertz CT molecular complexity index is 746. The molecule has 2 aromatic rings. The van der Waals surface area contributed by atoms with E-state index in [1.807, 2.05) is 13.8 Å². The minimum absolute atomic E-state index is 0.0663. The third-order valence-electron chi connectivity index (χ3n) is 2.62. The van der Waals surface area contributed by atoms with E-state index in [0.717, 1.165) is 11.7 Å². The van der Waals surface area contributed by atoms with E-state index in [1.165, 1.54) is 6.07 Å². The molecule has 0 fully saturated rings. The van der Waals surface area contributed by atoms with Gasteiger partial charge in [-0.25, -0.2) is 8.42 Å². The molecule has 2 rings (SSSR count). The molecule has 6 nitrogen and oxygen atoms in total. The number of fused-ring (bicyclic) bond motifs is 1. The summed E-state index contributed by atoms with van der Waals surface area (Å²) in [6.07, 6.45) is 0. The Morgan fingerprint density at radius 3 is 2.57 bits per heavy atom. The van der Waals surface area contributed by atoms with Gasteiger partial charge >= 0.3 is 0 Å². The Hall–Kier alpha value is -0.670. The van der Waals surface area contributed by atoms with Gasteiger partial charge in [0.2, 0.25) is 10.0 Å². The van der Waals surface area contributed by atoms with Gasteiger partial charge in [-0.1, -0.05) is 37.0 Å². The second kappa shape index (κ2) is 6.62. The molecule has 0 amide bonds. The second-order valence-electron chi connectivity index (χ2n) is 4.71. The van der Waals surface area contributed by atoms with Gasteiger partial charge in [0.25, 0.3) is 0 Å². The first-order valence-electron chi connectivity index (χ1n) is 6.14. The van der Waals surface area contributed by atoms with Crippen LogP contribution in [-0.2, 0) is 10.0 Å². The van der Waals surface area contributed by atoms with E-state index in [0.29, 0.717) is 22.6 Å². The van der Waals surface area contributed by atoms with Crippen LogP contribution in [0.5, 0.6) is 0 Å². The van der Waals surface area contributed by atoms with E-state index in [2.05, 4.69) is 18.8 Å². The summed E-state index contributed by atoms with van der Waals surface area (Å²) in [6, 6.07) is 1.67. The maximum Gasteiger partial charge on any atom is 0.234 e. The highest BCUT2D eigenvalue weighted by molar-refractivity contribution is 7.92. The molecule has 0 atom stereocenters. The summed E-state index contributed by atoms with van der Waals surface area (Å²) in [6.45, 7) is 4.23. The van der Waals surface area contributed by atoms with Crippen LogP contribution in [0.3, 0.4) is 0 Å². The molecule has 0 saturated carbocycles. The number of nitrogens with one attached hydrogen (secondary N) is 2. The van der Waals surface area contributed by atoms with Crippen LogP contribution >= 0.6 is 34.9 Å². The SMILES string of the molecule is CC(C)NCCS(=O)(=O)Nc1c(Cl)cc(Cl)c2nsnc12. The van der Waals surface area contributed by atoms with Gasteiger partial charge in [-0.3, -0.25) is 4.72 Å². The van der Waals surface area contributed by atoms with Crippen molar-refractivity contribution in [1.29, 1.82) is 0 Å². The highest BCUT2D eigenvalue weighted by atomic mass is 35.5. The normalized spacial score (nSPS) is 12.2. The molecule has 0 radical (unpaired) electrons. The predicted molar refractivity (Wildman–Crippen MR) is 88.0 cm³/mol. The fourth-order valence-corrected chi connectivity index (χ4v) is 3.88. The third kappa shape index (κ3) is 4.17. The summed E-state index contributed by atoms with van der Waals surface area (Å²) in [4.78, 5) is 0. The van der Waals surface area contributed by atoms with Crippen LogP contribution in [0.2, 0.25) is 10.0 Å². The van der Waals surface area contributed by atoms with Crippen LogP contribution < -0.4 is 10.0 Å². The summed E-state index contributed by atoms with van der Waals surface area (Å²) in [5.74, 6) is -0.0663. The summed E-state index contributed by atoms with van der Waals surface area (Å²) < 4.78 is 34.7. The largest absolute Gasteiger partial charge is 0.313 e. The molecular formula is C11H14Cl2N4O2S2. The Kier molecular flexibility index (Phi) is 5.26. The van der Waals surface area contributed by atoms with Crippen LogP contribution in [0, 0.1) is 0 Å². The van der Waals surface area contributed by atoms with Crippen LogP contribution in [0.25, 0.3) is 11.0 Å². The Labute approximate surface area is 137 Å². The van der Waals surface area contributed by atoms with Crippen molar-refractivity contribution in [2.45, 2.75) is 19.9 Å². The van der Waals surface area contributed by atoms with Crippen molar-refractivity contribution in [2.75, 3.05) is 17.0 Å². The number of anilines is 1. The summed E-state index contributed by atoms with van der Waals surface area (Å²) in [5.41, 5.74) is 1.01. The Balaban J connectivity index is 2.25. The van der Waals surface area contributed by atoms with Crippen molar-refractivity contribution in [3.8, 4) is 0 Å². The van der Waals surface area contributed by atoms with Crippen molar-refractivity contribution in [2.24, 2.45) is 0 Å². The van der Waals surface area contributed by atoms with Crippen molar-refractivity contribution in [3.63, 3.8) is 0 Å². The second-order valence-corrected chi connectivity index (χ2v) is 7.89. The highest BCUT2D eigenvalue weighted by Gasteiger charge is 2.19. The van der Waals surface area contributed by atoms with Gasteiger partial charge in [-0.15, -0.1) is 0 Å². The topological polar surface area (TPSA) is 84.0 Å². The average Bonchev–Trinajstić information content (AvgIpc) is 2.83. The maximum absolute atomic E-state index is 12.1. The highest BCUT2D eigenvalue weighted by Crippen LogP contribution is 2.35. The van der Waals surface area contributed by atoms with Gasteiger partial charge < -0.3 is 5.32 Å². The molecule has 0 unspecified atom stereocenters. The smallest absolute Gasteiger partial charge is 0.234 e. The van der Waals surface area contributed by atoms with Crippen LogP contribution in [0.1, 0.15) is 13.8 Å². The lowest BCUT2D eigenvalue weighted by Gasteiger charge is -2.12. The van der Waals surface area contributed by atoms with Gasteiger partial charge in [0.1, 0.15) is 11.0 Å². The fourth-order valence-electron chi connectivity index (χ4n) is 1.66. The first-order valence-corrected chi connectivity index (χ1v) is 9.28. The predicted octanol–water partition coefficient (Wildman–Crippen LogP) is 2.74. The molecule has 0 aliphatic rings. The Morgan fingerprint density at radius 2 is 1.90 bits per heavy atom. The number of rotatable bonds is 6. The van der Waals surface area contributed by atoms with Gasteiger partial charge in [0.05, 0.1) is 33.2 Å². The molecule has 0 bridgehead atoms. The number of sulfonamides is 1. The third-order valence-corrected chi connectivity index (χ3v) is 5.00. The fraction of sp³-hybridized carbons (Fsp3) is 0.455. The molecule has 116 valence electrons. The van der Waals surface area contributed by atoms with E-state index in [-0.39, 0.29) is 22.5 Å². The summed E-state index contributed by atoms with van der Waals surface area (Å²) >= 11 is 13.0. The summed E-state index contributed by atoms with van der Waals surface area (Å²) in [7, 11) is -3.54. The average molecular weight is 369 g/mol. The zero-order valence-electron chi connectivity index (χ0n) is 11.4. The van der Waals surface area contributed by atoms with E-state index in [1.54, 1.807) is 0 Å². The molecule has 1 aromatic carbocycles. The molecule has 0 saturated heterocycles. The number of halogens is 2. The number of benzene rings is 1. The standard InChI is InChI=1S/C11H14Cl2N4O2S2/c1-6(2)14-3-4-21(18,19)17-10-8(13)5-7(12)9-11(10)16-20-15-9/h5-6,14,17H,3-4H2,1-2H3. The van der Waals surface area contributed by atoms with Gasteiger partial charge in [0.15, 0.2) is 0 Å². The monoisotopic (exact) mass is 368 g/mol. The van der Waals surface area contributed by atoms with Crippen molar-refractivity contribution >= 4 is 61.7 Å². The van der Waals surface area contributed by atoms with Crippen molar-refractivity contribution in [1.82, 2.24) is 14.1 Å². The molecule has 1 heterocycles. The molecule has 0 aliphatic heterocycles. The van der Waals surface area contributed by atoms with Crippen LogP contribution in [0.15, 0.2) is 6.07 Å². The van der Waals surface area contributed by atoms with E-state index in [9.17, 15) is 8.42 Å². The van der Waals surface area contributed by atoms with Gasteiger partial charge in [-0.2, -0.15) is 8.75 Å². The number of nitrogens with zero attached hydrogens (tertiary/aromatic N) is 2. The first-order chi connectivity index (χ1) is 9.80. The number of hydrogen-bond acceptors (Lipinski definition) is 6. The van der Waals surface area contributed by atoms with Crippen molar-refractivity contribution in [3.05, 3.63) is 16.1 Å². The molecule has 0 spiro atoms. The first kappa shape index (κ1) is 16.7. The van der Waals surface area contributed by atoms with Gasteiger partial charge in [0, 0.05) is 12.6 Å². The van der Waals surface area contributed by atoms with Crippen LogP contribution in [-0.4, -0.2) is 35.5 Å². The van der Waals surface area contributed by atoms with Crippen LogP contribution in [0.4, 0.5) is 5.69 Å². The van der Waals surface area contributed by atoms with Crippen molar-refractivity contribution < 1.29 is 8.42 Å². The van der Waals surface area contributed by atoms with Gasteiger partial charge in [-0.05, 0) is 6.07 Å². The molecule has 2 N–H and O–H groups in total. The molecule has 0 aliphatic carbocycles. The summed E-state index contributed by atoms with van der Waals surface area (Å²) in [5, 5.41) is 3.58. The lowest BCUT2D eigenvalue weighted by Crippen LogP contribution is -2.31. The maximum atomic E-state index is 12.1. The number of hydrogen-bond donors (Lipinski definition) is 2. The quantitative estimate of drug-likeness (QED) is 0.818. The molecule has 10 heteroatoms. The molecule has 1 aromatic heterocycles. The molecular weight excluding hydrogens is 355 g/mol. The molecule has 21 heavy (non-hydrogen) atoms. The lowest BCUT2D eigenvalue weighted by atomic mass is 10.3. The lowest BCUT2D eigenvalue weighted by molar-refractivity contribution is 0.582. The Morgan fingerprint density at radius 1 is 1.24 bits per heavy atom. The minimum Gasteiger partial charge on any atom is -0.313 e. The van der Waals surface area contributed by atoms with E-state index >= 15 is 0 Å². The van der Waals surface area contributed by atoms with E-state index in [4.69, 9.17) is 23.2 Å². The zero-order chi connectivity index (χ0) is 15.6.